The van der Waals surface area contributed by atoms with Crippen LogP contribution in [0.15, 0.2) is 0 Å². The van der Waals surface area contributed by atoms with Crippen molar-refractivity contribution in [1.82, 2.24) is 0 Å². The van der Waals surface area contributed by atoms with E-state index >= 15 is 0 Å². The first-order valence-corrected chi connectivity index (χ1v) is 5.20. The molecule has 0 aromatic heterocycles. The summed E-state index contributed by atoms with van der Waals surface area (Å²) in [7, 11) is -5.15. The predicted octanol–water partition coefficient (Wildman–Crippen LogP) is -4.87. The van der Waals surface area contributed by atoms with Crippen molar-refractivity contribution in [2.45, 2.75) is 18.4 Å². The fourth-order valence-corrected chi connectivity index (χ4v) is 1.14. The van der Waals surface area contributed by atoms with E-state index in [0.29, 0.717) is 0 Å². The summed E-state index contributed by atoms with van der Waals surface area (Å²) in [5.74, 6) is -5.58. The SMILES string of the molecule is O=C(O)CC(O)(CC(=O)OS(=O)(=O)O)C(=O)O.[H-].[Na+]. The molecule has 0 amide bonds. The van der Waals surface area contributed by atoms with Gasteiger partial charge in [-0.05, 0) is 0 Å². The van der Waals surface area contributed by atoms with E-state index in [-0.39, 0.29) is 31.0 Å². The molecule has 0 spiro atoms. The van der Waals surface area contributed by atoms with Crippen LogP contribution in [-0.4, -0.2) is 51.8 Å². The molecule has 0 saturated heterocycles. The molecule has 12 heteroatoms. The molecule has 0 bridgehead atoms. The van der Waals surface area contributed by atoms with Gasteiger partial charge in [-0.2, -0.15) is 8.42 Å². The molecule has 0 aliphatic carbocycles. The van der Waals surface area contributed by atoms with Gasteiger partial charge < -0.3 is 20.9 Å². The smallest absolute Gasteiger partial charge is 1.00 e. The number of aliphatic hydroxyl groups is 1. The first-order valence-electron chi connectivity index (χ1n) is 3.83. The van der Waals surface area contributed by atoms with Crippen LogP contribution in [0.5, 0.6) is 0 Å². The van der Waals surface area contributed by atoms with Crippen LogP contribution in [-0.2, 0) is 29.0 Å². The number of rotatable bonds is 6. The fourth-order valence-electron chi connectivity index (χ4n) is 0.850. The maximum atomic E-state index is 10.8. The van der Waals surface area contributed by atoms with Crippen LogP contribution in [0, 0.1) is 0 Å². The van der Waals surface area contributed by atoms with E-state index in [1.807, 2.05) is 0 Å². The first-order chi connectivity index (χ1) is 7.46. The molecule has 0 radical (unpaired) electrons. The normalized spacial score (nSPS) is 13.9. The van der Waals surface area contributed by atoms with Gasteiger partial charge in [-0.15, -0.1) is 0 Å². The van der Waals surface area contributed by atoms with E-state index in [9.17, 15) is 27.9 Å². The molecule has 0 fully saturated rings. The molecule has 100 valence electrons. The monoisotopic (exact) mass is 296 g/mol. The molecule has 10 nitrogen and oxygen atoms in total. The molecule has 0 aromatic rings. The van der Waals surface area contributed by atoms with Crippen molar-refractivity contribution < 1.29 is 77.8 Å². The number of carbonyl (C=O) groups excluding carboxylic acids is 1. The molecule has 18 heavy (non-hydrogen) atoms. The van der Waals surface area contributed by atoms with Crippen LogP contribution < -0.4 is 29.6 Å². The summed E-state index contributed by atoms with van der Waals surface area (Å²) in [6.07, 6.45) is -2.79. The van der Waals surface area contributed by atoms with Crippen molar-refractivity contribution in [1.29, 1.82) is 0 Å². The van der Waals surface area contributed by atoms with Gasteiger partial charge in [0, 0.05) is 0 Å². The number of aliphatic carboxylic acids is 2. The average Bonchev–Trinajstić information content (AvgIpc) is 1.96. The standard InChI is InChI=1S/C6H8O10S.Na.H/c7-3(8)1-6(12,5(10)11)2-4(9)16-17(13,14)15;;/h12H,1-2H2,(H,7,8)(H,10,11)(H,13,14,15);;/q;+1;-1. The molecule has 0 aromatic carbocycles. The molecule has 4 N–H and O–H groups in total. The van der Waals surface area contributed by atoms with E-state index in [1.54, 1.807) is 0 Å². The Morgan fingerprint density at radius 1 is 1.17 bits per heavy atom. The minimum absolute atomic E-state index is 0. The van der Waals surface area contributed by atoms with Gasteiger partial charge in [-0.3, -0.25) is 14.1 Å². The largest absolute Gasteiger partial charge is 1.00 e. The van der Waals surface area contributed by atoms with Crippen LogP contribution in [0.2, 0.25) is 0 Å². The summed E-state index contributed by atoms with van der Waals surface area (Å²) >= 11 is 0. The number of hydrogen-bond donors (Lipinski definition) is 4. The Morgan fingerprint density at radius 2 is 1.61 bits per heavy atom. The van der Waals surface area contributed by atoms with Crippen LogP contribution in [0.3, 0.4) is 0 Å². The van der Waals surface area contributed by atoms with Crippen LogP contribution in [0.25, 0.3) is 0 Å². The molecule has 0 aliphatic heterocycles. The van der Waals surface area contributed by atoms with Crippen molar-refractivity contribution >= 4 is 28.3 Å². The van der Waals surface area contributed by atoms with Crippen LogP contribution in [0.4, 0.5) is 0 Å². The Balaban J connectivity index is -0.00000128. The summed E-state index contributed by atoms with van der Waals surface area (Å²) in [5.41, 5.74) is -3.02. The van der Waals surface area contributed by atoms with Gasteiger partial charge in [-0.1, -0.05) is 0 Å². The predicted molar refractivity (Wildman–Crippen MR) is 48.2 cm³/mol. The Bertz CT molecular complexity index is 447. The summed E-state index contributed by atoms with van der Waals surface area (Å²) < 4.78 is 31.6. The second kappa shape index (κ2) is 7.01. The summed E-state index contributed by atoms with van der Waals surface area (Å²) in [6.45, 7) is 0. The third-order valence-electron chi connectivity index (χ3n) is 1.48. The summed E-state index contributed by atoms with van der Waals surface area (Å²) in [4.78, 5) is 31.6. The van der Waals surface area contributed by atoms with Gasteiger partial charge in [0.25, 0.3) is 0 Å². The molecular weight excluding hydrogens is 287 g/mol. The van der Waals surface area contributed by atoms with E-state index < -0.39 is 46.7 Å². The second-order valence-corrected chi connectivity index (χ2v) is 3.99. The quantitative estimate of drug-likeness (QED) is 0.274. The van der Waals surface area contributed by atoms with E-state index in [1.165, 1.54) is 0 Å². The average molecular weight is 296 g/mol. The molecular formula is C6H9NaO10S. The number of carboxylic acids is 2. The number of carboxylic acid groups (broad SMARTS) is 2. The molecule has 0 aliphatic rings. The Kier molecular flexibility index (Phi) is 7.64. The number of hydrogen-bond acceptors (Lipinski definition) is 7. The molecule has 0 heterocycles. The molecule has 1 atom stereocenters. The van der Waals surface area contributed by atoms with Crippen molar-refractivity contribution in [3.05, 3.63) is 0 Å². The molecule has 0 rings (SSSR count). The minimum atomic E-state index is -5.15. The second-order valence-electron chi connectivity index (χ2n) is 2.97. The zero-order valence-electron chi connectivity index (χ0n) is 10.1. The minimum Gasteiger partial charge on any atom is -1.00 e. The van der Waals surface area contributed by atoms with Crippen LogP contribution >= 0.6 is 0 Å². The van der Waals surface area contributed by atoms with Crippen molar-refractivity contribution in [3.8, 4) is 0 Å². The van der Waals surface area contributed by atoms with Gasteiger partial charge in [0.1, 0.15) is 0 Å². The van der Waals surface area contributed by atoms with E-state index in [4.69, 9.17) is 14.8 Å². The molecule has 1 unspecified atom stereocenters. The van der Waals surface area contributed by atoms with E-state index in [0.717, 1.165) is 0 Å². The maximum absolute atomic E-state index is 10.8. The zero-order chi connectivity index (χ0) is 13.9. The third-order valence-corrected chi connectivity index (χ3v) is 1.87. The number of carbonyl (C=O) groups is 3. The van der Waals surface area contributed by atoms with Gasteiger partial charge in [-0.25, -0.2) is 4.79 Å². The Morgan fingerprint density at radius 3 is 1.89 bits per heavy atom. The van der Waals surface area contributed by atoms with Gasteiger partial charge in [0.15, 0.2) is 5.60 Å². The third kappa shape index (κ3) is 7.58. The fraction of sp³-hybridized carbons (Fsp3) is 0.500. The Hall–Kier alpha value is -0.720. The van der Waals surface area contributed by atoms with Crippen molar-refractivity contribution in [3.63, 3.8) is 0 Å². The molecule has 0 saturated carbocycles. The van der Waals surface area contributed by atoms with Gasteiger partial charge in [0.05, 0.1) is 12.8 Å². The summed E-state index contributed by atoms with van der Waals surface area (Å²) in [6, 6.07) is 0. The zero-order valence-corrected chi connectivity index (χ0v) is 11.9. The topological polar surface area (TPSA) is 175 Å². The van der Waals surface area contributed by atoms with Gasteiger partial charge >= 0.3 is 57.9 Å². The maximum Gasteiger partial charge on any atom is 1.00 e. The van der Waals surface area contributed by atoms with Crippen molar-refractivity contribution in [2.75, 3.05) is 0 Å². The van der Waals surface area contributed by atoms with Gasteiger partial charge in [0.2, 0.25) is 0 Å². The van der Waals surface area contributed by atoms with Crippen molar-refractivity contribution in [2.24, 2.45) is 0 Å². The first kappa shape index (κ1) is 19.6. The summed E-state index contributed by atoms with van der Waals surface area (Å²) in [5, 5.41) is 26.1. The Labute approximate surface area is 124 Å². The van der Waals surface area contributed by atoms with E-state index in [2.05, 4.69) is 4.18 Å². The van der Waals surface area contributed by atoms with Crippen LogP contribution in [0.1, 0.15) is 14.3 Å².